The molecule has 42 heavy (non-hydrogen) atoms. The van der Waals surface area contributed by atoms with Crippen LogP contribution >= 0.6 is 0 Å². The average Bonchev–Trinajstić information content (AvgIpc) is 2.93. The lowest BCUT2D eigenvalue weighted by molar-refractivity contribution is -0.129. The Hall–Kier alpha value is -3.43. The molecule has 1 heterocycles. The van der Waals surface area contributed by atoms with Crippen LogP contribution in [0, 0.1) is 18.7 Å². The number of aryl methyl sites for hydroxylation is 1. The van der Waals surface area contributed by atoms with Gasteiger partial charge in [-0.1, -0.05) is 64.1 Å². The van der Waals surface area contributed by atoms with E-state index in [9.17, 15) is 14.0 Å². The van der Waals surface area contributed by atoms with Gasteiger partial charge in [-0.15, -0.1) is 0 Å². The van der Waals surface area contributed by atoms with E-state index in [2.05, 4.69) is 54.7 Å². The topological polar surface area (TPSA) is 94.7 Å². The fraction of sp³-hybridized carbons (Fsp3) is 0.515. The van der Waals surface area contributed by atoms with Gasteiger partial charge < -0.3 is 30.9 Å². The molecule has 0 spiro atoms. The number of rotatable bonds is 2. The monoisotopic (exact) mass is 585 g/mol. The molecule has 8 nitrogen and oxygen atoms in total. The molecule has 4 N–H and O–H groups in total. The van der Waals surface area contributed by atoms with Crippen molar-refractivity contribution in [2.24, 2.45) is 5.92 Å². The van der Waals surface area contributed by atoms with Crippen molar-refractivity contribution >= 4 is 11.8 Å². The summed E-state index contributed by atoms with van der Waals surface area (Å²) >= 11 is 0. The summed E-state index contributed by atoms with van der Waals surface area (Å²) in [5.41, 5.74) is 2.78. The van der Waals surface area contributed by atoms with Gasteiger partial charge in [-0.25, -0.2) is 4.39 Å². The Labute approximate surface area is 252 Å². The quantitative estimate of drug-likeness (QED) is 0.425. The minimum Gasteiger partial charge on any atom is -0.492 e. The first-order valence-electron chi connectivity index (χ1n) is 14.7. The van der Waals surface area contributed by atoms with Crippen LogP contribution in [0.15, 0.2) is 60.8 Å². The van der Waals surface area contributed by atoms with Crippen LogP contribution in [-0.4, -0.2) is 75.7 Å². The third kappa shape index (κ3) is 16.1. The van der Waals surface area contributed by atoms with E-state index < -0.39 is 6.04 Å². The fourth-order valence-electron chi connectivity index (χ4n) is 3.91. The number of carbonyl (C=O) groups is 2. The molecule has 0 radical (unpaired) electrons. The predicted molar refractivity (Wildman–Crippen MR) is 170 cm³/mol. The number of amides is 2. The molecule has 9 heteroatoms. The summed E-state index contributed by atoms with van der Waals surface area (Å²) in [6, 6.07) is 14.0. The normalized spacial score (nSPS) is 20.4. The van der Waals surface area contributed by atoms with Crippen molar-refractivity contribution in [2.75, 3.05) is 46.9 Å². The zero-order valence-electron chi connectivity index (χ0n) is 26.6. The molecule has 1 aliphatic rings. The Morgan fingerprint density at radius 3 is 2.33 bits per heavy atom. The van der Waals surface area contributed by atoms with Crippen molar-refractivity contribution in [3.05, 3.63) is 77.8 Å². The number of nitrogens with zero attached hydrogens (tertiary/aromatic N) is 1. The maximum Gasteiger partial charge on any atom is 0.243 e. The summed E-state index contributed by atoms with van der Waals surface area (Å²) < 4.78 is 18.2. The lowest BCUT2D eigenvalue weighted by atomic mass is 10.00. The Kier molecular flexibility index (Phi) is 17.8. The van der Waals surface area contributed by atoms with Crippen LogP contribution in [0.1, 0.15) is 45.2 Å². The van der Waals surface area contributed by atoms with Crippen LogP contribution in [0.25, 0.3) is 0 Å². The molecule has 0 aliphatic carbocycles. The van der Waals surface area contributed by atoms with Crippen LogP contribution in [-0.2, 0) is 16.0 Å². The molecule has 0 saturated carbocycles. The molecule has 3 rings (SSSR count). The van der Waals surface area contributed by atoms with E-state index in [0.29, 0.717) is 31.9 Å². The molecule has 2 amide bonds. The number of ether oxygens (including phenoxy) is 1. The number of benzene rings is 2. The lowest BCUT2D eigenvalue weighted by Crippen LogP contribution is -2.53. The predicted octanol–water partition coefficient (Wildman–Crippen LogP) is 4.05. The number of hydrogen-bond acceptors (Lipinski definition) is 6. The molecule has 3 atom stereocenters. The summed E-state index contributed by atoms with van der Waals surface area (Å²) in [5, 5.41) is 12.2. The van der Waals surface area contributed by atoms with Gasteiger partial charge in [0.1, 0.15) is 24.2 Å². The highest BCUT2D eigenvalue weighted by molar-refractivity contribution is 5.88. The molecular weight excluding hydrogens is 533 g/mol. The minimum atomic E-state index is -0.627. The van der Waals surface area contributed by atoms with Gasteiger partial charge in [0.2, 0.25) is 11.8 Å². The lowest BCUT2D eigenvalue weighted by Gasteiger charge is -2.24. The van der Waals surface area contributed by atoms with E-state index in [4.69, 9.17) is 4.74 Å². The van der Waals surface area contributed by atoms with E-state index in [1.54, 1.807) is 6.07 Å². The van der Waals surface area contributed by atoms with Crippen molar-refractivity contribution in [1.29, 1.82) is 0 Å². The number of likely N-dealkylation sites (N-methyl/N-ethyl adjacent to an activating group) is 1. The third-order valence-corrected chi connectivity index (χ3v) is 6.00. The first-order chi connectivity index (χ1) is 19.9. The molecule has 1 aliphatic heterocycles. The van der Waals surface area contributed by atoms with Gasteiger partial charge in [0.05, 0.1) is 6.54 Å². The highest BCUT2D eigenvalue weighted by Crippen LogP contribution is 2.21. The van der Waals surface area contributed by atoms with Crippen LogP contribution in [0.4, 0.5) is 4.39 Å². The summed E-state index contributed by atoms with van der Waals surface area (Å²) in [5.74, 6) is 0.482. The van der Waals surface area contributed by atoms with Gasteiger partial charge in [0, 0.05) is 31.4 Å². The van der Waals surface area contributed by atoms with Crippen molar-refractivity contribution in [3.8, 4) is 5.75 Å². The summed E-state index contributed by atoms with van der Waals surface area (Å²) in [6.45, 7) is 16.2. The van der Waals surface area contributed by atoms with Gasteiger partial charge in [-0.3, -0.25) is 9.59 Å². The second-order valence-electron chi connectivity index (χ2n) is 11.1. The van der Waals surface area contributed by atoms with E-state index in [-0.39, 0.29) is 36.1 Å². The van der Waals surface area contributed by atoms with Crippen molar-refractivity contribution < 1.29 is 18.7 Å². The first kappa shape index (κ1) is 36.6. The summed E-state index contributed by atoms with van der Waals surface area (Å²) in [7, 11) is 3.74. The van der Waals surface area contributed by atoms with Crippen LogP contribution in [0.3, 0.4) is 0 Å². The Morgan fingerprint density at radius 2 is 1.71 bits per heavy atom. The zero-order valence-corrected chi connectivity index (χ0v) is 26.6. The molecule has 0 bridgehead atoms. The van der Waals surface area contributed by atoms with E-state index >= 15 is 0 Å². The van der Waals surface area contributed by atoms with Gasteiger partial charge in [-0.05, 0) is 69.6 Å². The van der Waals surface area contributed by atoms with E-state index in [0.717, 1.165) is 23.3 Å². The molecule has 0 aromatic heterocycles. The molecular formula is C33H52FN5O3. The number of carbonyl (C=O) groups excluding carboxylic acids is 2. The van der Waals surface area contributed by atoms with Crippen LogP contribution in [0.5, 0.6) is 5.75 Å². The summed E-state index contributed by atoms with van der Waals surface area (Å²) in [4.78, 5) is 27.0. The fourth-order valence-corrected chi connectivity index (χ4v) is 3.91. The van der Waals surface area contributed by atoms with Gasteiger partial charge in [-0.2, -0.15) is 0 Å². The Balaban J connectivity index is 0.000000671. The molecule has 0 fully saturated rings. The van der Waals surface area contributed by atoms with Crippen LogP contribution < -0.4 is 26.0 Å². The number of hydrogen-bond donors (Lipinski definition) is 4. The number of halogens is 1. The number of nitrogens with one attached hydrogen (secondary N) is 4. The largest absolute Gasteiger partial charge is 0.492 e. The maximum absolute atomic E-state index is 12.8. The Bertz CT molecular complexity index is 1080. The highest BCUT2D eigenvalue weighted by Gasteiger charge is 2.22. The highest BCUT2D eigenvalue weighted by atomic mass is 19.1. The second-order valence-corrected chi connectivity index (χ2v) is 11.1. The van der Waals surface area contributed by atoms with E-state index in [1.165, 1.54) is 18.6 Å². The molecule has 2 unspecified atom stereocenters. The zero-order chi connectivity index (χ0) is 31.5. The van der Waals surface area contributed by atoms with E-state index in [1.807, 2.05) is 57.1 Å². The SMILES string of the molecule is C=C1CN[C@@H](C)COc2ccccc2CC(C)CNC(=O)C(CN(C)C)NC(=O)CN1.CCC.Cc1cccc(F)c1. The molecule has 2 aromatic rings. The smallest absolute Gasteiger partial charge is 0.243 e. The van der Waals surface area contributed by atoms with Gasteiger partial charge in [0.25, 0.3) is 0 Å². The standard InChI is InChI=1S/C23H37N5O3.C7H7F.C3H8/c1-16-10-19-8-6-7-9-21(19)31-15-18(3)24-12-17(2)25-13-22(29)27-20(14-28(4)5)23(30)26-11-16;1-6-3-2-4-7(8)5-6;1-3-2/h6-9,16,18,20,24-25H,2,10-15H2,1,3-5H3,(H,26,30)(H,27,29);2-5H,1H3;3H2,1-2H3/t16?,18-,20?;;/m0../s1. The maximum atomic E-state index is 12.8. The Morgan fingerprint density at radius 1 is 1.02 bits per heavy atom. The average molecular weight is 586 g/mol. The number of fused-ring (bicyclic) bond motifs is 1. The first-order valence-corrected chi connectivity index (χ1v) is 14.7. The van der Waals surface area contributed by atoms with Gasteiger partial charge >= 0.3 is 0 Å². The van der Waals surface area contributed by atoms with Crippen molar-refractivity contribution in [1.82, 2.24) is 26.2 Å². The second kappa shape index (κ2) is 20.4. The van der Waals surface area contributed by atoms with Crippen LogP contribution in [0.2, 0.25) is 0 Å². The molecule has 2 aromatic carbocycles. The minimum absolute atomic E-state index is 0.0619. The number of para-hydroxylation sites is 1. The van der Waals surface area contributed by atoms with Crippen molar-refractivity contribution in [3.63, 3.8) is 0 Å². The third-order valence-electron chi connectivity index (χ3n) is 6.00. The molecule has 234 valence electrons. The summed E-state index contributed by atoms with van der Waals surface area (Å²) in [6.07, 6.45) is 2.03. The van der Waals surface area contributed by atoms with Crippen molar-refractivity contribution in [2.45, 2.75) is 59.5 Å². The van der Waals surface area contributed by atoms with Gasteiger partial charge in [0.15, 0.2) is 0 Å². The molecule has 0 saturated heterocycles.